The van der Waals surface area contributed by atoms with E-state index < -0.39 is 10.1 Å². The summed E-state index contributed by atoms with van der Waals surface area (Å²) in [6.45, 7) is 0. The maximum absolute atomic E-state index is 11.1. The van der Waals surface area contributed by atoms with Gasteiger partial charge < -0.3 is 25.7 Å². The van der Waals surface area contributed by atoms with Crippen LogP contribution in [0.1, 0.15) is 0 Å². The average Bonchev–Trinajstić information content (AvgIpc) is 2.86. The zero-order valence-corrected chi connectivity index (χ0v) is 29.1. The van der Waals surface area contributed by atoms with Crippen molar-refractivity contribution >= 4 is 68.1 Å². The zero-order valence-electron chi connectivity index (χ0n) is 20.6. The normalized spacial score (nSPS) is 10.6. The molecule has 13 nitrogen and oxygen atoms in total. The molecule has 2 N–H and O–H groups in total. The van der Waals surface area contributed by atoms with Gasteiger partial charge in [0.25, 0.3) is 0 Å². The Morgan fingerprint density at radius 3 is 2.13 bits per heavy atom. The van der Waals surface area contributed by atoms with E-state index in [0.717, 1.165) is 5.39 Å². The van der Waals surface area contributed by atoms with Crippen molar-refractivity contribution in [2.75, 3.05) is 10.6 Å². The van der Waals surface area contributed by atoms with E-state index in [9.17, 15) is 23.5 Å². The van der Waals surface area contributed by atoms with Gasteiger partial charge >= 0.3 is 88.7 Å². The van der Waals surface area contributed by atoms with Gasteiger partial charge in [0.05, 0.1) is 29.0 Å². The molecule has 188 valence electrons. The molecule has 0 aliphatic heterocycles. The Hall–Kier alpha value is -0.0300. The number of nitrogens with one attached hydrogen (secondary N) is 2. The Labute approximate surface area is 297 Å². The molecule has 0 amide bonds. The summed E-state index contributed by atoms with van der Waals surface area (Å²) in [7, 11) is -4.53. The Morgan fingerprint density at radius 2 is 1.46 bits per heavy atom. The van der Waals surface area contributed by atoms with E-state index in [1.165, 1.54) is 30.5 Å². The minimum Gasteiger partial charge on any atom is -0.744 e. The number of hydrogen-bond acceptors (Lipinski definition) is 15. The molecule has 0 spiro atoms. The fraction of sp³-hybridized carbons (Fsp3) is 0. The van der Waals surface area contributed by atoms with Crippen molar-refractivity contribution in [3.63, 3.8) is 0 Å². The minimum absolute atomic E-state index is 0. The van der Waals surface area contributed by atoms with Crippen molar-refractivity contribution in [3.05, 3.63) is 66.9 Å². The summed E-state index contributed by atoms with van der Waals surface area (Å²) in [6.07, 6.45) is 1.51. The molecule has 0 fully saturated rings. The molecule has 0 aliphatic carbocycles. The number of nitrogens with zero attached hydrogens (tertiary/aromatic N) is 2. The standard InChI is InChI=1S/C20H16N4O9S3.3Na/c25-30-32-34-15-10-12-9-14(3-6-17(12)18(11-15)35-33-31-26)23-20-21-8-7-19(24-20)22-13-1-4-16(5-2-13)36(27,28)29;;;/h1-11,25-26H,(H,27,28,29)(H2,21,22,23,24);;;/q;3*+1/p-3. The van der Waals surface area contributed by atoms with Gasteiger partial charge in [0.2, 0.25) is 5.95 Å². The van der Waals surface area contributed by atoms with E-state index >= 15 is 0 Å². The van der Waals surface area contributed by atoms with Crippen molar-refractivity contribution < 1.29 is 131 Å². The van der Waals surface area contributed by atoms with Crippen molar-refractivity contribution in [2.24, 2.45) is 0 Å². The van der Waals surface area contributed by atoms with E-state index in [1.54, 1.807) is 36.4 Å². The molecule has 0 unspecified atom stereocenters. The van der Waals surface area contributed by atoms with Crippen molar-refractivity contribution in [1.82, 2.24) is 9.97 Å². The molecule has 0 radical (unpaired) electrons. The van der Waals surface area contributed by atoms with Crippen LogP contribution in [-0.4, -0.2) is 22.9 Å². The summed E-state index contributed by atoms with van der Waals surface area (Å²) >= 11 is 1.36. The zero-order chi connectivity index (χ0) is 25.5. The SMILES string of the molecule is O=S(=O)([O-])c1ccc(Nc2ccnc(Nc3ccc4c(SOO[O-])cc(SOO[O-])cc4c3)n2)cc1.[Na+].[Na+].[Na+]. The fourth-order valence-corrected chi connectivity index (χ4v) is 4.62. The Morgan fingerprint density at radius 1 is 0.795 bits per heavy atom. The number of benzene rings is 3. The molecule has 4 aromatic rings. The van der Waals surface area contributed by atoms with Gasteiger partial charge in [-0.3, -0.25) is 10.1 Å². The van der Waals surface area contributed by atoms with Gasteiger partial charge in [-0.2, -0.15) is 13.7 Å². The Bertz CT molecular complexity index is 1470. The first-order valence-corrected chi connectivity index (χ1v) is 12.5. The van der Waals surface area contributed by atoms with Crippen LogP contribution in [0.25, 0.3) is 10.8 Å². The van der Waals surface area contributed by atoms with Gasteiger partial charge in [-0.1, -0.05) is 6.07 Å². The van der Waals surface area contributed by atoms with E-state index in [-0.39, 0.29) is 99.5 Å². The predicted octanol–water partition coefficient (Wildman–Crippen LogP) is -6.51. The van der Waals surface area contributed by atoms with Crippen LogP contribution in [0.3, 0.4) is 0 Å². The van der Waals surface area contributed by atoms with Crippen LogP contribution in [0.4, 0.5) is 23.1 Å². The van der Waals surface area contributed by atoms with E-state index in [2.05, 4.69) is 39.3 Å². The Kier molecular flexibility index (Phi) is 16.9. The maximum Gasteiger partial charge on any atom is 1.00 e. The van der Waals surface area contributed by atoms with E-state index in [4.69, 9.17) is 0 Å². The summed E-state index contributed by atoms with van der Waals surface area (Å²) in [4.78, 5) is 9.23. The van der Waals surface area contributed by atoms with Crippen LogP contribution in [0.5, 0.6) is 0 Å². The molecule has 39 heavy (non-hydrogen) atoms. The number of fused-ring (bicyclic) bond motifs is 1. The van der Waals surface area contributed by atoms with Crippen molar-refractivity contribution in [2.45, 2.75) is 14.7 Å². The molecular formula is C20H13N4Na3O9S3. The predicted molar refractivity (Wildman–Crippen MR) is 123 cm³/mol. The molecule has 0 aliphatic rings. The van der Waals surface area contributed by atoms with Gasteiger partial charge in [0, 0.05) is 27.4 Å². The minimum atomic E-state index is -4.53. The maximum atomic E-state index is 11.1. The number of hydrogen-bond donors (Lipinski definition) is 2. The summed E-state index contributed by atoms with van der Waals surface area (Å²) < 4.78 is 42.0. The molecule has 0 bridgehead atoms. The number of anilines is 4. The van der Waals surface area contributed by atoms with Crippen LogP contribution in [0.15, 0.2) is 81.5 Å². The molecule has 0 saturated carbocycles. The third-order valence-corrected chi connectivity index (χ3v) is 6.57. The third kappa shape index (κ3) is 11.0. The number of rotatable bonds is 11. The molecule has 0 atom stereocenters. The smallest absolute Gasteiger partial charge is 0.744 e. The molecule has 1 aromatic heterocycles. The number of aromatic nitrogens is 2. The fourth-order valence-electron chi connectivity index (χ4n) is 3.08. The van der Waals surface area contributed by atoms with Gasteiger partial charge in [0.1, 0.15) is 15.9 Å². The van der Waals surface area contributed by atoms with Gasteiger partial charge in [-0.15, -0.1) is 0 Å². The molecule has 19 heteroatoms. The molecule has 3 aromatic carbocycles. The van der Waals surface area contributed by atoms with Crippen LogP contribution >= 0.6 is 24.1 Å². The first-order valence-electron chi connectivity index (χ1n) is 9.63. The Balaban J connectivity index is 0.00000253. The summed E-state index contributed by atoms with van der Waals surface area (Å²) in [5.74, 6) is 0.664. The van der Waals surface area contributed by atoms with Crippen molar-refractivity contribution in [1.29, 1.82) is 0 Å². The first-order chi connectivity index (χ1) is 17.4. The van der Waals surface area contributed by atoms with Crippen LogP contribution < -0.4 is 110 Å². The molecular weight excluding hydrogens is 605 g/mol. The third-order valence-electron chi connectivity index (χ3n) is 4.52. The quantitative estimate of drug-likeness (QED) is 0.0530. The van der Waals surface area contributed by atoms with Crippen LogP contribution in [0.2, 0.25) is 0 Å². The average molecular weight is 619 g/mol. The van der Waals surface area contributed by atoms with Crippen molar-refractivity contribution in [3.8, 4) is 0 Å². The summed E-state index contributed by atoms with van der Waals surface area (Å²) in [5, 5.41) is 34.7. The topological polar surface area (TPSA) is 190 Å². The first kappa shape index (κ1) is 37.0. The van der Waals surface area contributed by atoms with Crippen LogP contribution in [-0.2, 0) is 28.9 Å². The van der Waals surface area contributed by atoms with E-state index in [0.29, 0.717) is 56.5 Å². The second kappa shape index (κ2) is 17.8. The van der Waals surface area contributed by atoms with Gasteiger partial charge in [-0.25, -0.2) is 13.4 Å². The summed E-state index contributed by atoms with van der Waals surface area (Å²) in [6, 6.07) is 15.5. The second-order valence-corrected chi connectivity index (χ2v) is 9.69. The summed E-state index contributed by atoms with van der Waals surface area (Å²) in [5.41, 5.74) is 1.13. The van der Waals surface area contributed by atoms with Gasteiger partial charge in [-0.05, 0) is 65.4 Å². The monoisotopic (exact) mass is 618 g/mol. The molecule has 0 saturated heterocycles. The second-order valence-electron chi connectivity index (χ2n) is 6.79. The van der Waals surface area contributed by atoms with Crippen LogP contribution in [0, 0.1) is 0 Å². The molecule has 1 heterocycles. The largest absolute Gasteiger partial charge is 1.00 e. The van der Waals surface area contributed by atoms with E-state index in [1.807, 2.05) is 0 Å². The molecule has 4 rings (SSSR count). The van der Waals surface area contributed by atoms with Gasteiger partial charge in [0.15, 0.2) is 0 Å².